The van der Waals surface area contributed by atoms with Crippen molar-refractivity contribution >= 4 is 28.9 Å². The average Bonchev–Trinajstić information content (AvgIpc) is 3.58. The van der Waals surface area contributed by atoms with E-state index in [2.05, 4.69) is 15.2 Å². The van der Waals surface area contributed by atoms with E-state index in [1.165, 1.54) is 4.90 Å². The van der Waals surface area contributed by atoms with E-state index in [9.17, 15) is 19.5 Å². The Morgan fingerprint density at radius 2 is 1.95 bits per heavy atom. The van der Waals surface area contributed by atoms with Gasteiger partial charge in [-0.15, -0.1) is 11.3 Å². The van der Waals surface area contributed by atoms with Gasteiger partial charge in [-0.2, -0.15) is 0 Å². The molecule has 2 fully saturated rings. The topological polar surface area (TPSA) is 121 Å². The maximum atomic E-state index is 14.0. The summed E-state index contributed by atoms with van der Waals surface area (Å²) in [4.78, 5) is 49.8. The molecule has 1 aromatic carbocycles. The second kappa shape index (κ2) is 14.2. The number of morpholine rings is 1. The van der Waals surface area contributed by atoms with Crippen LogP contribution in [0.5, 0.6) is 0 Å². The number of rotatable bonds is 11. The first-order valence-electron chi connectivity index (χ1n) is 14.6. The lowest BCUT2D eigenvalue weighted by Crippen LogP contribution is -2.53. The summed E-state index contributed by atoms with van der Waals surface area (Å²) in [6.45, 7) is 10.7. The number of ketones is 1. The number of hydrogen-bond donors (Lipinski definition) is 2. The summed E-state index contributed by atoms with van der Waals surface area (Å²) in [5.74, 6) is -1.30. The molecule has 10 nitrogen and oxygen atoms in total. The molecule has 0 unspecified atom stereocenters. The number of benzene rings is 1. The van der Waals surface area contributed by atoms with Crippen LogP contribution in [-0.2, 0) is 30.4 Å². The lowest BCUT2D eigenvalue weighted by molar-refractivity contribution is -0.148. The first-order valence-corrected chi connectivity index (χ1v) is 15.5. The molecule has 0 spiro atoms. The molecular weight excluding hydrogens is 556 g/mol. The number of aliphatic hydroxyl groups is 1. The van der Waals surface area contributed by atoms with Crippen molar-refractivity contribution in [1.82, 2.24) is 20.1 Å². The molecule has 2 aromatic rings. The van der Waals surface area contributed by atoms with Crippen LogP contribution in [0.3, 0.4) is 0 Å². The Bertz CT molecular complexity index is 1230. The Balaban J connectivity index is 1.42. The van der Waals surface area contributed by atoms with Crippen LogP contribution in [0.4, 0.5) is 0 Å². The van der Waals surface area contributed by atoms with E-state index in [4.69, 9.17) is 9.47 Å². The normalized spacial score (nSPS) is 22.2. The fraction of sp³-hybridized carbons (Fsp3) is 0.613. The highest BCUT2D eigenvalue weighted by Crippen LogP contribution is 2.34. The Labute approximate surface area is 252 Å². The van der Waals surface area contributed by atoms with E-state index >= 15 is 0 Å². The number of aryl methyl sites for hydroxylation is 1. The smallest absolute Gasteiger partial charge is 0.243 e. The highest BCUT2D eigenvalue weighted by atomic mass is 32.1. The number of hydrogen-bond acceptors (Lipinski definition) is 9. The van der Waals surface area contributed by atoms with E-state index in [0.717, 1.165) is 21.7 Å². The number of Topliss-reactive ketones (excluding diaryl/α,β-unsaturated/α-hetero) is 1. The monoisotopic (exact) mass is 600 g/mol. The molecule has 3 heterocycles. The molecule has 42 heavy (non-hydrogen) atoms. The van der Waals surface area contributed by atoms with Crippen LogP contribution in [0.1, 0.15) is 44.9 Å². The standard InChI is InChI=1S/C31H44N4O6S/c1-20-28(42-19-33-20)22-8-6-21(7-9-22)16-32-29(38)25-14-23(36)17-35(25)30(39)24(31(2,3)4)15-27(37)26-18-41-13-11-34(26)10-12-40-5/h6-9,19,23-26,36H,10-18H2,1-5H3,(H,32,38)/t23-,24-,25+,26+/m1/s1. The highest BCUT2D eigenvalue weighted by Gasteiger charge is 2.45. The van der Waals surface area contributed by atoms with Crippen LogP contribution in [0.25, 0.3) is 10.4 Å². The first-order chi connectivity index (χ1) is 20.0. The van der Waals surface area contributed by atoms with Crippen LogP contribution >= 0.6 is 11.3 Å². The average molecular weight is 601 g/mol. The van der Waals surface area contributed by atoms with E-state index in [1.54, 1.807) is 18.4 Å². The number of likely N-dealkylation sites (tertiary alicyclic amines) is 1. The zero-order valence-electron chi connectivity index (χ0n) is 25.3. The summed E-state index contributed by atoms with van der Waals surface area (Å²) >= 11 is 1.59. The minimum atomic E-state index is -0.806. The summed E-state index contributed by atoms with van der Waals surface area (Å²) in [6, 6.07) is 6.70. The number of aliphatic hydroxyl groups excluding tert-OH is 1. The summed E-state index contributed by atoms with van der Waals surface area (Å²) in [7, 11) is 1.63. The van der Waals surface area contributed by atoms with Gasteiger partial charge in [0.05, 0.1) is 48.0 Å². The number of nitrogens with zero attached hydrogens (tertiary/aromatic N) is 3. The summed E-state index contributed by atoms with van der Waals surface area (Å²) in [5, 5.41) is 13.5. The van der Waals surface area contributed by atoms with Gasteiger partial charge in [0, 0.05) is 52.0 Å². The maximum Gasteiger partial charge on any atom is 0.243 e. The van der Waals surface area contributed by atoms with Crippen LogP contribution < -0.4 is 5.32 Å². The molecule has 2 saturated heterocycles. The molecular formula is C31H44N4O6S. The fourth-order valence-electron chi connectivity index (χ4n) is 5.68. The van der Waals surface area contributed by atoms with Gasteiger partial charge in [-0.3, -0.25) is 19.3 Å². The second-order valence-electron chi connectivity index (χ2n) is 12.3. The van der Waals surface area contributed by atoms with Crippen LogP contribution in [-0.4, -0.2) is 102 Å². The fourth-order valence-corrected chi connectivity index (χ4v) is 6.49. The Morgan fingerprint density at radius 1 is 1.21 bits per heavy atom. The molecule has 4 atom stereocenters. The molecule has 0 aliphatic carbocycles. The van der Waals surface area contributed by atoms with Crippen molar-refractivity contribution in [3.63, 3.8) is 0 Å². The highest BCUT2D eigenvalue weighted by molar-refractivity contribution is 7.13. The first kappa shape index (κ1) is 32.2. The third-order valence-electron chi connectivity index (χ3n) is 8.24. The van der Waals surface area contributed by atoms with Crippen molar-refractivity contribution in [1.29, 1.82) is 0 Å². The Morgan fingerprint density at radius 3 is 2.60 bits per heavy atom. The minimum absolute atomic E-state index is 0.0341. The number of nitrogens with one attached hydrogen (secondary N) is 1. The number of methoxy groups -OCH3 is 1. The maximum absolute atomic E-state index is 14.0. The quantitative estimate of drug-likeness (QED) is 0.404. The van der Waals surface area contributed by atoms with E-state index in [0.29, 0.717) is 32.8 Å². The molecule has 2 aliphatic heterocycles. The molecule has 2 N–H and O–H groups in total. The number of β-amino-alcohol motifs (C(OH)–C–C–N with tert-alkyl or cyclic N) is 1. The van der Waals surface area contributed by atoms with Crippen molar-refractivity contribution < 1.29 is 29.0 Å². The third-order valence-corrected chi connectivity index (χ3v) is 9.21. The molecule has 1 aromatic heterocycles. The number of aromatic nitrogens is 1. The zero-order valence-corrected chi connectivity index (χ0v) is 26.1. The van der Waals surface area contributed by atoms with Gasteiger partial charge in [0.1, 0.15) is 6.04 Å². The van der Waals surface area contributed by atoms with Crippen LogP contribution in [0.15, 0.2) is 29.8 Å². The molecule has 0 radical (unpaired) electrons. The van der Waals surface area contributed by atoms with Crippen molar-refractivity contribution in [2.24, 2.45) is 11.3 Å². The number of carbonyl (C=O) groups is 3. The van der Waals surface area contributed by atoms with Gasteiger partial charge >= 0.3 is 0 Å². The molecule has 11 heteroatoms. The SMILES string of the molecule is COCCN1CCOC[C@H]1C(=O)C[C@H](C(=O)N1C[C@H](O)C[C@H]1C(=O)NCc1ccc(-c2scnc2C)cc1)C(C)(C)C. The number of amides is 2. The minimum Gasteiger partial charge on any atom is -0.391 e. The van der Waals surface area contributed by atoms with E-state index in [1.807, 2.05) is 57.5 Å². The van der Waals surface area contributed by atoms with Gasteiger partial charge in [-0.1, -0.05) is 45.0 Å². The van der Waals surface area contributed by atoms with Crippen molar-refractivity contribution in [2.75, 3.05) is 46.6 Å². The summed E-state index contributed by atoms with van der Waals surface area (Å²) < 4.78 is 10.8. The van der Waals surface area contributed by atoms with Gasteiger partial charge in [0.2, 0.25) is 11.8 Å². The van der Waals surface area contributed by atoms with Gasteiger partial charge in [0.15, 0.2) is 5.78 Å². The molecule has 230 valence electrons. The number of thiazole rings is 1. The third kappa shape index (κ3) is 7.82. The van der Waals surface area contributed by atoms with Gasteiger partial charge in [0.25, 0.3) is 0 Å². The van der Waals surface area contributed by atoms with E-state index < -0.39 is 29.5 Å². The Kier molecular flexibility index (Phi) is 10.9. The predicted octanol–water partition coefficient (Wildman–Crippen LogP) is 2.67. The van der Waals surface area contributed by atoms with Crippen molar-refractivity contribution in [3.8, 4) is 10.4 Å². The lowest BCUT2D eigenvalue weighted by atomic mass is 9.76. The molecule has 0 bridgehead atoms. The lowest BCUT2D eigenvalue weighted by Gasteiger charge is -2.38. The summed E-state index contributed by atoms with van der Waals surface area (Å²) in [5.41, 5.74) is 4.27. The zero-order chi connectivity index (χ0) is 30.4. The van der Waals surface area contributed by atoms with Crippen molar-refractivity contribution in [2.45, 2.75) is 65.3 Å². The van der Waals surface area contributed by atoms with Gasteiger partial charge < -0.3 is 24.8 Å². The molecule has 2 amide bonds. The number of ether oxygens (including phenoxy) is 2. The van der Waals surface area contributed by atoms with Gasteiger partial charge in [-0.25, -0.2) is 4.98 Å². The van der Waals surface area contributed by atoms with E-state index in [-0.39, 0.29) is 43.6 Å². The predicted molar refractivity (Wildman–Crippen MR) is 161 cm³/mol. The van der Waals surface area contributed by atoms with Gasteiger partial charge in [-0.05, 0) is 23.5 Å². The van der Waals surface area contributed by atoms with Crippen molar-refractivity contribution in [3.05, 3.63) is 41.0 Å². The molecule has 4 rings (SSSR count). The number of carbonyl (C=O) groups excluding carboxylic acids is 3. The largest absolute Gasteiger partial charge is 0.391 e. The molecule has 2 aliphatic rings. The summed E-state index contributed by atoms with van der Waals surface area (Å²) in [6.07, 6.45) is -0.612. The molecule has 0 saturated carbocycles. The van der Waals surface area contributed by atoms with Crippen LogP contribution in [0, 0.1) is 18.3 Å². The Hall–Kier alpha value is -2.70. The second-order valence-corrected chi connectivity index (χ2v) is 13.1. The van der Waals surface area contributed by atoms with Crippen LogP contribution in [0.2, 0.25) is 0 Å².